The van der Waals surface area contributed by atoms with Crippen LogP contribution in [0.25, 0.3) is 10.1 Å². The molecule has 0 aliphatic heterocycles. The van der Waals surface area contributed by atoms with Gasteiger partial charge in [-0.25, -0.2) is 0 Å². The number of hydrogen-bond acceptors (Lipinski definition) is 4. The molecule has 1 aromatic carbocycles. The minimum absolute atomic E-state index is 0.214. The molecule has 0 bridgehead atoms. The summed E-state index contributed by atoms with van der Waals surface area (Å²) in [5, 5.41) is 5.13. The van der Waals surface area contributed by atoms with Gasteiger partial charge in [-0.05, 0) is 12.0 Å². The number of methoxy groups -OCH3 is 1. The SMILES string of the molecule is CCC(C)C(NCc1sc2ccccc2c1Cl)C(=O)OC. The van der Waals surface area contributed by atoms with Crippen LogP contribution in [0, 0.1) is 5.92 Å². The molecule has 0 aliphatic rings. The lowest BCUT2D eigenvalue weighted by Gasteiger charge is -2.21. The maximum atomic E-state index is 11.9. The van der Waals surface area contributed by atoms with Crippen molar-refractivity contribution in [1.29, 1.82) is 0 Å². The predicted octanol–water partition coefficient (Wildman–Crippen LogP) is 4.23. The highest BCUT2D eigenvalue weighted by Crippen LogP contribution is 2.35. The standard InChI is InChI=1S/C16H20ClNO2S/c1-4-10(2)15(16(19)20-3)18-9-13-14(17)11-7-5-6-8-12(11)21-13/h5-8,10,15,18H,4,9H2,1-3H3. The van der Waals surface area contributed by atoms with E-state index in [-0.39, 0.29) is 17.9 Å². The Hall–Kier alpha value is -1.10. The van der Waals surface area contributed by atoms with Crippen LogP contribution in [0.4, 0.5) is 0 Å². The second kappa shape index (κ2) is 7.25. The molecular formula is C16H20ClNO2S. The van der Waals surface area contributed by atoms with Gasteiger partial charge < -0.3 is 4.74 Å². The molecule has 114 valence electrons. The third-order valence-corrected chi connectivity index (χ3v) is 5.47. The number of halogens is 1. The average molecular weight is 326 g/mol. The maximum Gasteiger partial charge on any atom is 0.323 e. The van der Waals surface area contributed by atoms with Gasteiger partial charge in [0.25, 0.3) is 0 Å². The number of benzene rings is 1. The van der Waals surface area contributed by atoms with Crippen LogP contribution in [0.5, 0.6) is 0 Å². The molecule has 1 heterocycles. The molecular weight excluding hydrogens is 306 g/mol. The quantitative estimate of drug-likeness (QED) is 0.808. The van der Waals surface area contributed by atoms with Gasteiger partial charge in [0.2, 0.25) is 0 Å². The summed E-state index contributed by atoms with van der Waals surface area (Å²) in [4.78, 5) is 12.9. The van der Waals surface area contributed by atoms with E-state index in [1.807, 2.05) is 25.1 Å². The first-order chi connectivity index (χ1) is 10.1. The topological polar surface area (TPSA) is 38.3 Å². The number of nitrogens with one attached hydrogen (secondary N) is 1. The monoisotopic (exact) mass is 325 g/mol. The van der Waals surface area contributed by atoms with Crippen LogP contribution in [0.1, 0.15) is 25.1 Å². The van der Waals surface area contributed by atoms with Gasteiger partial charge >= 0.3 is 5.97 Å². The van der Waals surface area contributed by atoms with Crippen LogP contribution in [-0.2, 0) is 16.1 Å². The van der Waals surface area contributed by atoms with Crippen molar-refractivity contribution in [2.75, 3.05) is 7.11 Å². The van der Waals surface area contributed by atoms with Gasteiger partial charge in [-0.2, -0.15) is 0 Å². The Kier molecular flexibility index (Phi) is 5.62. The van der Waals surface area contributed by atoms with E-state index in [9.17, 15) is 4.79 Å². The van der Waals surface area contributed by atoms with Crippen molar-refractivity contribution in [2.24, 2.45) is 5.92 Å². The molecule has 0 spiro atoms. The van der Waals surface area contributed by atoms with Gasteiger partial charge in [-0.1, -0.05) is 50.1 Å². The molecule has 2 aromatic rings. The van der Waals surface area contributed by atoms with Crippen molar-refractivity contribution in [3.63, 3.8) is 0 Å². The third kappa shape index (κ3) is 3.57. The van der Waals surface area contributed by atoms with Gasteiger partial charge in [-0.3, -0.25) is 10.1 Å². The van der Waals surface area contributed by atoms with Crippen molar-refractivity contribution in [3.8, 4) is 0 Å². The Bertz CT molecular complexity index is 626. The number of thiophene rings is 1. The smallest absolute Gasteiger partial charge is 0.323 e. The molecule has 3 nitrogen and oxygen atoms in total. The van der Waals surface area contributed by atoms with Crippen LogP contribution >= 0.6 is 22.9 Å². The average Bonchev–Trinajstić information content (AvgIpc) is 2.83. The van der Waals surface area contributed by atoms with Crippen LogP contribution < -0.4 is 5.32 Å². The molecule has 1 aromatic heterocycles. The van der Waals surface area contributed by atoms with Crippen LogP contribution in [0.3, 0.4) is 0 Å². The van der Waals surface area contributed by atoms with Gasteiger partial charge in [0, 0.05) is 21.5 Å². The van der Waals surface area contributed by atoms with Crippen LogP contribution in [0.15, 0.2) is 24.3 Å². The Morgan fingerprint density at radius 3 is 2.76 bits per heavy atom. The van der Waals surface area contributed by atoms with Gasteiger partial charge in [-0.15, -0.1) is 11.3 Å². The summed E-state index contributed by atoms with van der Waals surface area (Å²) in [7, 11) is 1.42. The largest absolute Gasteiger partial charge is 0.468 e. The molecule has 5 heteroatoms. The minimum Gasteiger partial charge on any atom is -0.468 e. The molecule has 0 saturated carbocycles. The number of hydrogen-bond donors (Lipinski definition) is 1. The van der Waals surface area contributed by atoms with Crippen LogP contribution in [0.2, 0.25) is 5.02 Å². The van der Waals surface area contributed by atoms with E-state index in [1.165, 1.54) is 7.11 Å². The molecule has 21 heavy (non-hydrogen) atoms. The van der Waals surface area contributed by atoms with E-state index in [0.717, 1.165) is 26.4 Å². The van der Waals surface area contributed by atoms with Crippen molar-refractivity contribution in [2.45, 2.75) is 32.9 Å². The lowest BCUT2D eigenvalue weighted by Crippen LogP contribution is -2.42. The Labute approximate surface area is 134 Å². The van der Waals surface area contributed by atoms with E-state index in [0.29, 0.717) is 6.54 Å². The molecule has 1 N–H and O–H groups in total. The Morgan fingerprint density at radius 2 is 2.14 bits per heavy atom. The van der Waals surface area contributed by atoms with E-state index in [2.05, 4.69) is 18.3 Å². The molecule has 0 radical (unpaired) electrons. The molecule has 0 fully saturated rings. The summed E-state index contributed by atoms with van der Waals surface area (Å²) in [6.07, 6.45) is 0.910. The Balaban J connectivity index is 2.15. The summed E-state index contributed by atoms with van der Waals surface area (Å²) < 4.78 is 6.05. The third-order valence-electron chi connectivity index (χ3n) is 3.75. The zero-order valence-corrected chi connectivity index (χ0v) is 14.1. The normalized spacial score (nSPS) is 14.1. The highest BCUT2D eigenvalue weighted by Gasteiger charge is 2.24. The first-order valence-electron chi connectivity index (χ1n) is 7.05. The highest BCUT2D eigenvalue weighted by atomic mass is 35.5. The number of fused-ring (bicyclic) bond motifs is 1. The fraction of sp³-hybridized carbons (Fsp3) is 0.438. The number of rotatable bonds is 6. The zero-order chi connectivity index (χ0) is 15.4. The molecule has 0 amide bonds. The second-order valence-electron chi connectivity index (χ2n) is 5.10. The van der Waals surface area contributed by atoms with Gasteiger partial charge in [0.05, 0.1) is 12.1 Å². The molecule has 2 atom stereocenters. The lowest BCUT2D eigenvalue weighted by molar-refractivity contribution is -0.144. The Morgan fingerprint density at radius 1 is 1.43 bits per heavy atom. The number of ether oxygens (including phenoxy) is 1. The number of carbonyl (C=O) groups is 1. The van der Waals surface area contributed by atoms with E-state index in [1.54, 1.807) is 11.3 Å². The van der Waals surface area contributed by atoms with Crippen molar-refractivity contribution in [1.82, 2.24) is 5.32 Å². The van der Waals surface area contributed by atoms with Crippen molar-refractivity contribution in [3.05, 3.63) is 34.2 Å². The van der Waals surface area contributed by atoms with E-state index in [4.69, 9.17) is 16.3 Å². The lowest BCUT2D eigenvalue weighted by atomic mass is 9.99. The zero-order valence-electron chi connectivity index (χ0n) is 12.5. The van der Waals surface area contributed by atoms with Crippen LogP contribution in [-0.4, -0.2) is 19.1 Å². The molecule has 2 rings (SSSR count). The first-order valence-corrected chi connectivity index (χ1v) is 8.25. The van der Waals surface area contributed by atoms with E-state index < -0.39 is 0 Å². The fourth-order valence-electron chi connectivity index (χ4n) is 2.26. The summed E-state index contributed by atoms with van der Waals surface area (Å²) in [5.74, 6) is -0.00723. The summed E-state index contributed by atoms with van der Waals surface area (Å²) in [6.45, 7) is 4.68. The second-order valence-corrected chi connectivity index (χ2v) is 6.62. The van der Waals surface area contributed by atoms with Gasteiger partial charge in [0.1, 0.15) is 6.04 Å². The van der Waals surface area contributed by atoms with E-state index >= 15 is 0 Å². The fourth-order valence-corrected chi connectivity index (χ4v) is 3.71. The predicted molar refractivity (Wildman–Crippen MR) is 88.9 cm³/mol. The molecule has 0 aliphatic carbocycles. The molecule has 2 unspecified atom stereocenters. The summed E-state index contributed by atoms with van der Waals surface area (Å²) in [5.41, 5.74) is 0. The first kappa shape index (κ1) is 16.3. The van der Waals surface area contributed by atoms with Crippen molar-refractivity contribution >= 4 is 39.0 Å². The molecule has 0 saturated heterocycles. The van der Waals surface area contributed by atoms with Crippen molar-refractivity contribution < 1.29 is 9.53 Å². The number of carbonyl (C=O) groups excluding carboxylic acids is 1. The highest BCUT2D eigenvalue weighted by molar-refractivity contribution is 7.19. The number of esters is 1. The summed E-state index contributed by atoms with van der Waals surface area (Å²) >= 11 is 8.08. The summed E-state index contributed by atoms with van der Waals surface area (Å²) in [6, 6.07) is 7.75. The maximum absolute atomic E-state index is 11.9. The minimum atomic E-state index is -0.304. The van der Waals surface area contributed by atoms with Gasteiger partial charge in [0.15, 0.2) is 0 Å².